The highest BCUT2D eigenvalue weighted by molar-refractivity contribution is 8.00. The third-order valence-corrected chi connectivity index (χ3v) is 5.13. The van der Waals surface area contributed by atoms with Crippen molar-refractivity contribution in [2.45, 2.75) is 12.3 Å². The first-order chi connectivity index (χ1) is 13.3. The van der Waals surface area contributed by atoms with E-state index >= 15 is 0 Å². The summed E-state index contributed by atoms with van der Waals surface area (Å²) >= 11 is 2.45. The Labute approximate surface area is 167 Å². The number of thioether (sulfide) groups is 1. The number of anilines is 1. The lowest BCUT2D eigenvalue weighted by Gasteiger charge is -2.20. The van der Waals surface area contributed by atoms with E-state index in [9.17, 15) is 19.5 Å². The van der Waals surface area contributed by atoms with Gasteiger partial charge in [0.25, 0.3) is 5.91 Å². The molecule has 0 saturated heterocycles. The number of rotatable bonds is 8. The summed E-state index contributed by atoms with van der Waals surface area (Å²) in [6.07, 6.45) is 1.69. The number of nitrogens with zero attached hydrogens (tertiary/aromatic N) is 3. The fourth-order valence-corrected chi connectivity index (χ4v) is 3.66. The second kappa shape index (κ2) is 9.85. The third kappa shape index (κ3) is 5.79. The van der Waals surface area contributed by atoms with Gasteiger partial charge in [0.05, 0.1) is 0 Å². The number of amides is 1. The van der Waals surface area contributed by atoms with Crippen molar-refractivity contribution in [1.82, 2.24) is 10.3 Å². The van der Waals surface area contributed by atoms with Crippen LogP contribution in [0.1, 0.15) is 12.6 Å². The first-order valence-electron chi connectivity index (χ1n) is 7.81. The van der Waals surface area contributed by atoms with Gasteiger partial charge < -0.3 is 26.1 Å². The number of oxime groups is 1. The number of nitrogens with one attached hydrogen (secondary N) is 1. The van der Waals surface area contributed by atoms with Crippen LogP contribution in [-0.2, 0) is 19.2 Å². The summed E-state index contributed by atoms with van der Waals surface area (Å²) in [5, 5.41) is 25.2. The number of carbonyl (C=O) groups is 3. The zero-order chi connectivity index (χ0) is 20.7. The molecule has 0 bridgehead atoms. The number of nitrogen functional groups attached to an aromatic ring is 1. The van der Waals surface area contributed by atoms with Gasteiger partial charge in [0.1, 0.15) is 16.8 Å². The molecule has 1 aliphatic rings. The molecular formula is C15H17N5O6S2. The summed E-state index contributed by atoms with van der Waals surface area (Å²) in [7, 11) is 0. The summed E-state index contributed by atoms with van der Waals surface area (Å²) in [5.74, 6) is -2.62. The molecule has 1 atom stereocenters. The number of nitrogens with two attached hydrogens (primary N) is 1. The van der Waals surface area contributed by atoms with Crippen LogP contribution < -0.4 is 11.1 Å². The van der Waals surface area contributed by atoms with Gasteiger partial charge in [0.2, 0.25) is 6.61 Å². The van der Waals surface area contributed by atoms with E-state index in [0.717, 1.165) is 11.3 Å². The lowest BCUT2D eigenvalue weighted by Crippen LogP contribution is -2.38. The van der Waals surface area contributed by atoms with Gasteiger partial charge >= 0.3 is 11.9 Å². The Balaban J connectivity index is 2.10. The van der Waals surface area contributed by atoms with Crippen molar-refractivity contribution in [1.29, 1.82) is 0 Å². The van der Waals surface area contributed by atoms with Gasteiger partial charge in [-0.2, -0.15) is 0 Å². The van der Waals surface area contributed by atoms with E-state index in [4.69, 9.17) is 10.8 Å². The van der Waals surface area contributed by atoms with Crippen molar-refractivity contribution in [3.63, 3.8) is 0 Å². The molecule has 150 valence electrons. The fraction of sp³-hybridized carbons (Fsp3) is 0.333. The summed E-state index contributed by atoms with van der Waals surface area (Å²) in [4.78, 5) is 47.1. The maximum Gasteiger partial charge on any atom is 0.354 e. The minimum absolute atomic E-state index is 0.0357. The lowest BCUT2D eigenvalue weighted by molar-refractivity contribution is -0.142. The Morgan fingerprint density at radius 3 is 2.79 bits per heavy atom. The number of allylic oxidation sites excluding steroid dienone is 1. The van der Waals surface area contributed by atoms with Crippen LogP contribution in [0.3, 0.4) is 0 Å². The smallest absolute Gasteiger partial charge is 0.354 e. The molecule has 0 unspecified atom stereocenters. The fourth-order valence-electron chi connectivity index (χ4n) is 2.05. The molecule has 28 heavy (non-hydrogen) atoms. The molecule has 0 saturated carbocycles. The number of hydrogen-bond acceptors (Lipinski definition) is 10. The Morgan fingerprint density at radius 2 is 2.21 bits per heavy atom. The number of carboxylic acids is 2. The van der Waals surface area contributed by atoms with E-state index in [1.54, 1.807) is 13.0 Å². The second-order valence-electron chi connectivity index (χ2n) is 5.25. The molecule has 5 N–H and O–H groups in total. The number of aliphatic imine (C=N–C) groups is 1. The second-order valence-corrected chi connectivity index (χ2v) is 7.31. The molecule has 0 aromatic carbocycles. The zero-order valence-electron chi connectivity index (χ0n) is 14.6. The van der Waals surface area contributed by atoms with Crippen LogP contribution in [0.2, 0.25) is 0 Å². The lowest BCUT2D eigenvalue weighted by atomic mass is 10.1. The highest BCUT2D eigenvalue weighted by Crippen LogP contribution is 2.23. The minimum Gasteiger partial charge on any atom is -0.479 e. The van der Waals surface area contributed by atoms with E-state index in [-0.39, 0.29) is 28.8 Å². The van der Waals surface area contributed by atoms with Crippen molar-refractivity contribution < 1.29 is 29.4 Å². The van der Waals surface area contributed by atoms with Crippen molar-refractivity contribution in [3.8, 4) is 0 Å². The first kappa shape index (κ1) is 21.4. The summed E-state index contributed by atoms with van der Waals surface area (Å²) in [6, 6.07) is 0. The molecular weight excluding hydrogens is 410 g/mol. The summed E-state index contributed by atoms with van der Waals surface area (Å²) < 4.78 is 0. The minimum atomic E-state index is -1.25. The average Bonchev–Trinajstić information content (AvgIpc) is 3.08. The number of carboxylic acid groups (broad SMARTS) is 2. The van der Waals surface area contributed by atoms with Gasteiger partial charge in [-0.3, -0.25) is 9.79 Å². The van der Waals surface area contributed by atoms with E-state index in [0.29, 0.717) is 11.3 Å². The molecule has 1 amide bonds. The molecule has 11 nitrogen and oxygen atoms in total. The van der Waals surface area contributed by atoms with Crippen molar-refractivity contribution >= 4 is 57.5 Å². The standard InChI is InChI=1S/C15H17N5O6S2/c1-2-7-5-27-9(19-11(7)14(24)25)3-17-13(23)12(20-26-4-10(21)22)8-6-28-15(16)18-8/h2,6,9H,3-5H2,1H3,(H2,16,18)(H,17,23)(H,21,22)(H,24,25)/b7-2+,20-12-/t9-/m1/s1. The van der Waals surface area contributed by atoms with Crippen molar-refractivity contribution in [2.24, 2.45) is 10.1 Å². The van der Waals surface area contributed by atoms with Crippen LogP contribution in [0.5, 0.6) is 0 Å². The highest BCUT2D eigenvalue weighted by Gasteiger charge is 2.25. The molecule has 0 aliphatic carbocycles. The van der Waals surface area contributed by atoms with Gasteiger partial charge in [-0.25, -0.2) is 14.6 Å². The van der Waals surface area contributed by atoms with Gasteiger partial charge in [0.15, 0.2) is 10.8 Å². The van der Waals surface area contributed by atoms with Crippen LogP contribution in [-0.4, -0.2) is 68.7 Å². The van der Waals surface area contributed by atoms with Crippen LogP contribution in [0, 0.1) is 0 Å². The maximum absolute atomic E-state index is 12.5. The molecule has 1 aromatic rings. The largest absolute Gasteiger partial charge is 0.479 e. The third-order valence-electron chi connectivity index (χ3n) is 3.32. The number of thiazole rings is 1. The molecule has 2 rings (SSSR count). The van der Waals surface area contributed by atoms with E-state index in [2.05, 4.69) is 25.3 Å². The molecule has 1 aromatic heterocycles. The summed E-state index contributed by atoms with van der Waals surface area (Å²) in [5.41, 5.74) is 6.02. The van der Waals surface area contributed by atoms with Crippen LogP contribution in [0.25, 0.3) is 0 Å². The van der Waals surface area contributed by atoms with Gasteiger partial charge in [-0.05, 0) is 12.5 Å². The van der Waals surface area contributed by atoms with Gasteiger partial charge in [-0.15, -0.1) is 23.1 Å². The maximum atomic E-state index is 12.5. The quantitative estimate of drug-likeness (QED) is 0.333. The number of hydrogen-bond donors (Lipinski definition) is 4. The Hall–Kier alpha value is -2.93. The average molecular weight is 427 g/mol. The van der Waals surface area contributed by atoms with Crippen molar-refractivity contribution in [2.75, 3.05) is 24.6 Å². The number of aromatic nitrogens is 1. The van der Waals surface area contributed by atoms with Gasteiger partial charge in [0, 0.05) is 17.7 Å². The Morgan fingerprint density at radius 1 is 1.46 bits per heavy atom. The predicted molar refractivity (Wildman–Crippen MR) is 105 cm³/mol. The number of carbonyl (C=O) groups excluding carboxylic acids is 1. The first-order valence-corrected chi connectivity index (χ1v) is 9.74. The summed E-state index contributed by atoms with van der Waals surface area (Å²) in [6.45, 7) is 1.04. The molecule has 13 heteroatoms. The highest BCUT2D eigenvalue weighted by atomic mass is 32.2. The van der Waals surface area contributed by atoms with Crippen LogP contribution >= 0.6 is 23.1 Å². The molecule has 0 radical (unpaired) electrons. The number of aliphatic carboxylic acids is 2. The normalized spacial score (nSPS) is 18.5. The topological polar surface area (TPSA) is 177 Å². The van der Waals surface area contributed by atoms with E-state index in [1.807, 2.05) is 0 Å². The van der Waals surface area contributed by atoms with E-state index in [1.165, 1.54) is 17.1 Å². The molecule has 0 spiro atoms. The van der Waals surface area contributed by atoms with Crippen LogP contribution in [0.4, 0.5) is 5.13 Å². The molecule has 1 aliphatic heterocycles. The van der Waals surface area contributed by atoms with Crippen LogP contribution in [0.15, 0.2) is 27.2 Å². The Kier molecular flexibility index (Phi) is 7.52. The van der Waals surface area contributed by atoms with Crippen molar-refractivity contribution in [3.05, 3.63) is 22.7 Å². The van der Waals surface area contributed by atoms with Gasteiger partial charge in [-0.1, -0.05) is 11.2 Å². The monoisotopic (exact) mass is 427 g/mol. The molecule has 2 heterocycles. The Bertz CT molecular complexity index is 863. The van der Waals surface area contributed by atoms with E-state index < -0.39 is 29.8 Å². The predicted octanol–water partition coefficient (Wildman–Crippen LogP) is 0.192. The SMILES string of the molecule is C/C=C1\CS[C@H](CNC(=O)/C(=N\OCC(=O)O)c2csc(N)n2)N=C1C(=O)O. The zero-order valence-corrected chi connectivity index (χ0v) is 16.2. The molecule has 0 fully saturated rings.